The summed E-state index contributed by atoms with van der Waals surface area (Å²) in [5.41, 5.74) is 1.47. The summed E-state index contributed by atoms with van der Waals surface area (Å²) in [6.07, 6.45) is 1.57. The third kappa shape index (κ3) is 2.76. The maximum atomic E-state index is 12.9. The molecular formula is C14H13FN4O2. The monoisotopic (exact) mass is 288 g/mol. The van der Waals surface area contributed by atoms with Gasteiger partial charge in [-0.15, -0.1) is 0 Å². The van der Waals surface area contributed by atoms with Gasteiger partial charge < -0.3 is 4.90 Å². The molecule has 1 aromatic carbocycles. The number of rotatable bonds is 4. The second-order valence-corrected chi connectivity index (χ2v) is 4.83. The van der Waals surface area contributed by atoms with Crippen LogP contribution >= 0.6 is 0 Å². The normalized spacial score (nSPS) is 15.1. The van der Waals surface area contributed by atoms with Gasteiger partial charge in [-0.3, -0.25) is 14.8 Å². The number of nitrogens with zero attached hydrogens (tertiary/aromatic N) is 3. The van der Waals surface area contributed by atoms with Crippen LogP contribution in [0, 0.1) is 5.82 Å². The van der Waals surface area contributed by atoms with E-state index in [-0.39, 0.29) is 37.4 Å². The van der Waals surface area contributed by atoms with E-state index in [9.17, 15) is 14.0 Å². The van der Waals surface area contributed by atoms with E-state index >= 15 is 0 Å². The predicted molar refractivity (Wildman–Crippen MR) is 71.3 cm³/mol. The average Bonchev–Trinajstić information content (AvgIpc) is 3.06. The van der Waals surface area contributed by atoms with Crippen molar-refractivity contribution >= 4 is 11.9 Å². The van der Waals surface area contributed by atoms with Crippen molar-refractivity contribution in [1.29, 1.82) is 0 Å². The fraction of sp³-hybridized carbons (Fsp3) is 0.214. The first-order chi connectivity index (χ1) is 10.1. The van der Waals surface area contributed by atoms with Gasteiger partial charge in [-0.05, 0) is 23.8 Å². The van der Waals surface area contributed by atoms with Crippen LogP contribution in [0.5, 0.6) is 0 Å². The molecule has 2 aromatic rings. The topological polar surface area (TPSA) is 69.3 Å². The molecule has 0 radical (unpaired) electrons. The standard InChI is InChI=1S/C14H13FN4O2/c15-11-3-1-10(2-4-11)7-18-9-13(20)19(14(18)21)8-12-5-6-16-17-12/h1-6H,7-9H2,(H,16,17). The van der Waals surface area contributed by atoms with Crippen molar-refractivity contribution in [1.82, 2.24) is 20.0 Å². The first-order valence-corrected chi connectivity index (χ1v) is 6.45. The molecule has 3 amide bonds. The van der Waals surface area contributed by atoms with Gasteiger partial charge in [0.15, 0.2) is 0 Å². The fourth-order valence-corrected chi connectivity index (χ4v) is 2.23. The second kappa shape index (κ2) is 5.35. The van der Waals surface area contributed by atoms with Gasteiger partial charge in [0.25, 0.3) is 5.91 Å². The Morgan fingerprint density at radius 1 is 1.14 bits per heavy atom. The number of amides is 3. The molecule has 0 spiro atoms. The molecule has 1 aliphatic heterocycles. The summed E-state index contributed by atoms with van der Waals surface area (Å²) in [4.78, 5) is 26.8. The Labute approximate surface area is 120 Å². The zero-order valence-electron chi connectivity index (χ0n) is 11.1. The zero-order chi connectivity index (χ0) is 14.8. The molecule has 1 aromatic heterocycles. The van der Waals surface area contributed by atoms with Crippen LogP contribution in [-0.2, 0) is 17.9 Å². The first kappa shape index (κ1) is 13.3. The highest BCUT2D eigenvalue weighted by molar-refractivity contribution is 6.01. The van der Waals surface area contributed by atoms with E-state index < -0.39 is 0 Å². The smallest absolute Gasteiger partial charge is 0.311 e. The largest absolute Gasteiger partial charge is 0.327 e. The first-order valence-electron chi connectivity index (χ1n) is 6.45. The number of carbonyl (C=O) groups is 2. The van der Waals surface area contributed by atoms with Gasteiger partial charge >= 0.3 is 6.03 Å². The summed E-state index contributed by atoms with van der Waals surface area (Å²) >= 11 is 0. The highest BCUT2D eigenvalue weighted by atomic mass is 19.1. The lowest BCUT2D eigenvalue weighted by Crippen LogP contribution is -2.32. The van der Waals surface area contributed by atoms with Crippen molar-refractivity contribution in [3.63, 3.8) is 0 Å². The number of hydrogen-bond acceptors (Lipinski definition) is 3. The highest BCUT2D eigenvalue weighted by Gasteiger charge is 2.35. The second-order valence-electron chi connectivity index (χ2n) is 4.83. The SMILES string of the molecule is O=C1CN(Cc2ccc(F)cc2)C(=O)N1Cc1ccn[nH]1. The molecule has 3 rings (SSSR count). The minimum atomic E-state index is -0.348. The number of urea groups is 1. The maximum absolute atomic E-state index is 12.9. The number of halogens is 1. The number of carbonyl (C=O) groups excluding carboxylic acids is 2. The lowest BCUT2D eigenvalue weighted by molar-refractivity contribution is -0.125. The molecule has 0 saturated carbocycles. The molecular weight excluding hydrogens is 275 g/mol. The molecule has 1 N–H and O–H groups in total. The van der Waals surface area contributed by atoms with E-state index in [1.54, 1.807) is 24.4 Å². The van der Waals surface area contributed by atoms with Crippen molar-refractivity contribution in [2.75, 3.05) is 6.54 Å². The van der Waals surface area contributed by atoms with E-state index in [4.69, 9.17) is 0 Å². The van der Waals surface area contributed by atoms with Gasteiger partial charge in [0.2, 0.25) is 0 Å². The Kier molecular flexibility index (Phi) is 3.39. The minimum absolute atomic E-state index is 0.0321. The highest BCUT2D eigenvalue weighted by Crippen LogP contribution is 2.16. The molecule has 1 aliphatic rings. The third-order valence-corrected chi connectivity index (χ3v) is 3.30. The summed E-state index contributed by atoms with van der Waals surface area (Å²) in [6.45, 7) is 0.492. The molecule has 7 heteroatoms. The number of aromatic amines is 1. The Balaban J connectivity index is 1.69. The number of nitrogens with one attached hydrogen (secondary N) is 1. The molecule has 21 heavy (non-hydrogen) atoms. The molecule has 1 saturated heterocycles. The summed E-state index contributed by atoms with van der Waals surface area (Å²) < 4.78 is 12.9. The quantitative estimate of drug-likeness (QED) is 0.867. The Morgan fingerprint density at radius 3 is 2.57 bits per heavy atom. The van der Waals surface area contributed by atoms with E-state index in [0.717, 1.165) is 5.56 Å². The zero-order valence-corrected chi connectivity index (χ0v) is 11.1. The van der Waals surface area contributed by atoms with Crippen LogP contribution in [0.15, 0.2) is 36.5 Å². The van der Waals surface area contributed by atoms with E-state index in [0.29, 0.717) is 5.69 Å². The maximum Gasteiger partial charge on any atom is 0.327 e. The Bertz CT molecular complexity index is 654. The van der Waals surface area contributed by atoms with E-state index in [1.807, 2.05) is 0 Å². The van der Waals surface area contributed by atoms with Crippen LogP contribution in [0.25, 0.3) is 0 Å². The van der Waals surface area contributed by atoms with E-state index in [1.165, 1.54) is 21.9 Å². The number of hydrogen-bond donors (Lipinski definition) is 1. The molecule has 0 atom stereocenters. The molecule has 108 valence electrons. The van der Waals surface area contributed by atoms with Crippen molar-refractivity contribution < 1.29 is 14.0 Å². The third-order valence-electron chi connectivity index (χ3n) is 3.30. The van der Waals surface area contributed by atoms with Crippen LogP contribution in [0.4, 0.5) is 9.18 Å². The molecule has 0 bridgehead atoms. The average molecular weight is 288 g/mol. The minimum Gasteiger partial charge on any atom is -0.311 e. The number of H-pyrrole nitrogens is 1. The van der Waals surface area contributed by atoms with Crippen LogP contribution in [0.3, 0.4) is 0 Å². The Hall–Kier alpha value is -2.70. The van der Waals surface area contributed by atoms with Crippen LogP contribution < -0.4 is 0 Å². The van der Waals surface area contributed by atoms with Crippen LogP contribution in [0.1, 0.15) is 11.3 Å². The van der Waals surface area contributed by atoms with Crippen molar-refractivity contribution in [3.8, 4) is 0 Å². The molecule has 0 unspecified atom stereocenters. The van der Waals surface area contributed by atoms with Gasteiger partial charge in [0.1, 0.15) is 12.4 Å². The molecule has 0 aliphatic carbocycles. The van der Waals surface area contributed by atoms with Crippen molar-refractivity contribution in [2.24, 2.45) is 0 Å². The van der Waals surface area contributed by atoms with Crippen molar-refractivity contribution in [2.45, 2.75) is 13.1 Å². The fourth-order valence-electron chi connectivity index (χ4n) is 2.23. The summed E-state index contributed by atoms with van der Waals surface area (Å²) in [5.74, 6) is -0.583. The van der Waals surface area contributed by atoms with Gasteiger partial charge in [0.05, 0.1) is 12.2 Å². The lowest BCUT2D eigenvalue weighted by Gasteiger charge is -2.16. The molecule has 1 fully saturated rings. The van der Waals surface area contributed by atoms with E-state index in [2.05, 4.69) is 10.2 Å². The number of benzene rings is 1. The molecule has 6 nitrogen and oxygen atoms in total. The van der Waals surface area contributed by atoms with Gasteiger partial charge in [0, 0.05) is 12.7 Å². The summed E-state index contributed by atoms with van der Waals surface area (Å²) in [7, 11) is 0. The van der Waals surface area contributed by atoms with Gasteiger partial charge in [-0.25, -0.2) is 9.18 Å². The van der Waals surface area contributed by atoms with Gasteiger partial charge in [-0.2, -0.15) is 5.10 Å². The molecule has 2 heterocycles. The Morgan fingerprint density at radius 2 is 1.90 bits per heavy atom. The lowest BCUT2D eigenvalue weighted by atomic mass is 10.2. The van der Waals surface area contributed by atoms with Gasteiger partial charge in [-0.1, -0.05) is 12.1 Å². The summed E-state index contributed by atoms with van der Waals surface area (Å²) in [5, 5.41) is 6.51. The van der Waals surface area contributed by atoms with Crippen molar-refractivity contribution in [3.05, 3.63) is 53.6 Å². The number of aromatic nitrogens is 2. The summed E-state index contributed by atoms with van der Waals surface area (Å²) in [6, 6.07) is 7.23. The predicted octanol–water partition coefficient (Wildman–Crippen LogP) is 1.51. The van der Waals surface area contributed by atoms with Crippen LogP contribution in [0.2, 0.25) is 0 Å². The number of imide groups is 1. The van der Waals surface area contributed by atoms with Crippen LogP contribution in [-0.4, -0.2) is 38.5 Å².